The molecule has 0 amide bonds. The van der Waals surface area contributed by atoms with Gasteiger partial charge in [0.15, 0.2) is 0 Å². The normalized spacial score (nSPS) is 14.7. The summed E-state index contributed by atoms with van der Waals surface area (Å²) in [6.45, 7) is 8.68. The molecule has 1 aliphatic rings. The van der Waals surface area contributed by atoms with Crippen molar-refractivity contribution in [2.45, 2.75) is 50.9 Å². The molecule has 1 aliphatic heterocycles. The van der Waals surface area contributed by atoms with Crippen LogP contribution in [0, 0.1) is 0 Å². The third-order valence-corrected chi connectivity index (χ3v) is 9.37. The van der Waals surface area contributed by atoms with Crippen LogP contribution in [0.2, 0.25) is 0 Å². The van der Waals surface area contributed by atoms with Crippen LogP contribution in [-0.4, -0.2) is 50.3 Å². The van der Waals surface area contributed by atoms with Crippen molar-refractivity contribution in [2.75, 3.05) is 26.7 Å². The standard InChI is InChI=1S/C22H30N2O4S2/c1-5-16-8-10-17(11-9-16)14-23-13-12-18-19(15-23)29-22(20(18)21(25)28-4)30(26,27)24(6-2)7-3/h8-11H,5-7,12-15H2,1-4H3. The van der Waals surface area contributed by atoms with Crippen LogP contribution >= 0.6 is 11.3 Å². The number of fused-ring (bicyclic) bond motifs is 1. The van der Waals surface area contributed by atoms with Crippen molar-refractivity contribution in [3.63, 3.8) is 0 Å². The van der Waals surface area contributed by atoms with Gasteiger partial charge in [-0.05, 0) is 29.5 Å². The van der Waals surface area contributed by atoms with Crippen molar-refractivity contribution in [1.82, 2.24) is 9.21 Å². The van der Waals surface area contributed by atoms with Gasteiger partial charge >= 0.3 is 5.97 Å². The summed E-state index contributed by atoms with van der Waals surface area (Å²) in [4.78, 5) is 15.8. The van der Waals surface area contributed by atoms with Crippen LogP contribution in [0.15, 0.2) is 28.5 Å². The Bertz CT molecular complexity index is 993. The fourth-order valence-corrected chi connectivity index (χ4v) is 7.40. The van der Waals surface area contributed by atoms with E-state index < -0.39 is 16.0 Å². The van der Waals surface area contributed by atoms with Crippen LogP contribution in [0.5, 0.6) is 0 Å². The summed E-state index contributed by atoms with van der Waals surface area (Å²) in [7, 11) is -2.43. The number of sulfonamides is 1. The monoisotopic (exact) mass is 450 g/mol. The summed E-state index contributed by atoms with van der Waals surface area (Å²) in [5.74, 6) is -0.568. The maximum absolute atomic E-state index is 13.2. The molecule has 0 spiro atoms. The molecule has 0 aliphatic carbocycles. The summed E-state index contributed by atoms with van der Waals surface area (Å²) in [5.41, 5.74) is 3.61. The van der Waals surface area contributed by atoms with Gasteiger partial charge in [-0.1, -0.05) is 45.0 Å². The van der Waals surface area contributed by atoms with Crippen molar-refractivity contribution in [3.8, 4) is 0 Å². The van der Waals surface area contributed by atoms with Gasteiger partial charge in [0.25, 0.3) is 10.0 Å². The maximum atomic E-state index is 13.2. The molecule has 0 unspecified atom stereocenters. The van der Waals surface area contributed by atoms with E-state index in [2.05, 4.69) is 36.1 Å². The number of aryl methyl sites for hydroxylation is 1. The molecule has 0 radical (unpaired) electrons. The van der Waals surface area contributed by atoms with Crippen LogP contribution in [0.25, 0.3) is 0 Å². The molecule has 2 aromatic rings. The smallest absolute Gasteiger partial charge is 0.340 e. The molecule has 0 atom stereocenters. The fraction of sp³-hybridized carbons (Fsp3) is 0.500. The lowest BCUT2D eigenvalue weighted by Crippen LogP contribution is -2.31. The van der Waals surface area contributed by atoms with Crippen molar-refractivity contribution in [2.24, 2.45) is 0 Å². The Kier molecular flexibility index (Phi) is 7.34. The number of ether oxygens (including phenoxy) is 1. The summed E-state index contributed by atoms with van der Waals surface area (Å²) in [6.07, 6.45) is 1.65. The van der Waals surface area contributed by atoms with Gasteiger partial charge in [0.2, 0.25) is 0 Å². The third-order valence-electron chi connectivity index (χ3n) is 5.61. The van der Waals surface area contributed by atoms with E-state index in [1.165, 1.54) is 33.9 Å². The van der Waals surface area contributed by atoms with E-state index >= 15 is 0 Å². The predicted octanol–water partition coefficient (Wildman–Crippen LogP) is 3.69. The first-order chi connectivity index (χ1) is 14.3. The number of methoxy groups -OCH3 is 1. The molecule has 30 heavy (non-hydrogen) atoms. The molecule has 0 N–H and O–H groups in total. The van der Waals surface area contributed by atoms with Crippen molar-refractivity contribution in [3.05, 3.63) is 51.4 Å². The van der Waals surface area contributed by atoms with E-state index in [-0.39, 0.29) is 9.77 Å². The minimum Gasteiger partial charge on any atom is -0.465 e. The van der Waals surface area contributed by atoms with Gasteiger partial charge < -0.3 is 4.74 Å². The largest absolute Gasteiger partial charge is 0.465 e. The first-order valence-corrected chi connectivity index (χ1v) is 12.6. The number of benzene rings is 1. The molecular weight excluding hydrogens is 420 g/mol. The molecule has 0 saturated carbocycles. The highest BCUT2D eigenvalue weighted by molar-refractivity contribution is 7.91. The average molecular weight is 451 g/mol. The van der Waals surface area contributed by atoms with Crippen LogP contribution in [0.3, 0.4) is 0 Å². The highest BCUT2D eigenvalue weighted by atomic mass is 32.2. The Morgan fingerprint density at radius 3 is 2.33 bits per heavy atom. The summed E-state index contributed by atoms with van der Waals surface area (Å²) >= 11 is 1.22. The first kappa shape index (κ1) is 22.9. The zero-order valence-electron chi connectivity index (χ0n) is 18.1. The molecule has 1 aromatic heterocycles. The Labute approximate surface area is 183 Å². The average Bonchev–Trinajstić information content (AvgIpc) is 3.14. The van der Waals surface area contributed by atoms with E-state index in [1.807, 2.05) is 0 Å². The summed E-state index contributed by atoms with van der Waals surface area (Å²) < 4.78 is 32.9. The van der Waals surface area contributed by atoms with Crippen LogP contribution < -0.4 is 0 Å². The second kappa shape index (κ2) is 9.60. The number of hydrogen-bond donors (Lipinski definition) is 0. The lowest BCUT2D eigenvalue weighted by molar-refractivity contribution is 0.0595. The van der Waals surface area contributed by atoms with Gasteiger partial charge in [0.05, 0.1) is 12.7 Å². The molecule has 0 fully saturated rings. The number of esters is 1. The summed E-state index contributed by atoms with van der Waals surface area (Å²) in [5, 5.41) is 0. The van der Waals surface area contributed by atoms with Gasteiger partial charge in [0.1, 0.15) is 4.21 Å². The second-order valence-corrected chi connectivity index (χ2v) is 10.6. The molecule has 0 saturated heterocycles. The maximum Gasteiger partial charge on any atom is 0.340 e. The van der Waals surface area contributed by atoms with Gasteiger partial charge in [-0.15, -0.1) is 11.3 Å². The molecule has 8 heteroatoms. The lowest BCUT2D eigenvalue weighted by atomic mass is 10.0. The third kappa shape index (κ3) is 4.46. The van der Waals surface area contributed by atoms with Gasteiger partial charge in [0, 0.05) is 37.6 Å². The first-order valence-electron chi connectivity index (χ1n) is 10.4. The predicted molar refractivity (Wildman–Crippen MR) is 119 cm³/mol. The van der Waals surface area contributed by atoms with Crippen LogP contribution in [0.4, 0.5) is 0 Å². The highest BCUT2D eigenvalue weighted by Crippen LogP contribution is 2.38. The molecule has 3 rings (SSSR count). The van der Waals surface area contributed by atoms with Gasteiger partial charge in [-0.2, -0.15) is 4.31 Å². The Morgan fingerprint density at radius 2 is 1.77 bits per heavy atom. The Morgan fingerprint density at radius 1 is 1.13 bits per heavy atom. The number of rotatable bonds is 8. The number of hydrogen-bond acceptors (Lipinski definition) is 6. The van der Waals surface area contributed by atoms with Crippen LogP contribution in [0.1, 0.15) is 52.7 Å². The van der Waals surface area contributed by atoms with Crippen molar-refractivity contribution < 1.29 is 17.9 Å². The number of carbonyl (C=O) groups is 1. The van der Waals surface area contributed by atoms with E-state index in [0.29, 0.717) is 26.1 Å². The topological polar surface area (TPSA) is 66.9 Å². The molecule has 1 aromatic carbocycles. The number of nitrogens with zero attached hydrogens (tertiary/aromatic N) is 2. The zero-order valence-corrected chi connectivity index (χ0v) is 19.7. The Hall–Kier alpha value is -1.74. The zero-order chi connectivity index (χ0) is 21.9. The van der Waals surface area contributed by atoms with Gasteiger partial charge in [-0.25, -0.2) is 13.2 Å². The van der Waals surface area contributed by atoms with Crippen molar-refractivity contribution in [1.29, 1.82) is 0 Å². The minimum atomic E-state index is -3.73. The quantitative estimate of drug-likeness (QED) is 0.574. The minimum absolute atomic E-state index is 0.122. The second-order valence-electron chi connectivity index (χ2n) is 7.38. The highest BCUT2D eigenvalue weighted by Gasteiger charge is 2.36. The number of carbonyl (C=O) groups excluding carboxylic acids is 1. The van der Waals surface area contributed by atoms with Gasteiger partial charge in [-0.3, -0.25) is 4.90 Å². The fourth-order valence-electron chi connectivity index (χ4n) is 3.88. The van der Waals surface area contributed by atoms with E-state index in [4.69, 9.17) is 4.74 Å². The Balaban J connectivity index is 1.92. The molecule has 164 valence electrons. The van der Waals surface area contributed by atoms with E-state index in [9.17, 15) is 13.2 Å². The lowest BCUT2D eigenvalue weighted by Gasteiger charge is -2.27. The molecular formula is C22H30N2O4S2. The van der Waals surface area contributed by atoms with Crippen LogP contribution in [-0.2, 0) is 40.7 Å². The molecule has 2 heterocycles. The summed E-state index contributed by atoms with van der Waals surface area (Å²) in [6, 6.07) is 8.61. The van der Waals surface area contributed by atoms with E-state index in [0.717, 1.165) is 30.0 Å². The van der Waals surface area contributed by atoms with Crippen molar-refractivity contribution >= 4 is 27.3 Å². The molecule has 0 bridgehead atoms. The van der Waals surface area contributed by atoms with E-state index in [1.54, 1.807) is 13.8 Å². The molecule has 6 nitrogen and oxygen atoms in total. The number of thiophene rings is 1. The SMILES string of the molecule is CCc1ccc(CN2CCc3c(sc(S(=O)(=O)N(CC)CC)c3C(=O)OC)C2)cc1.